The van der Waals surface area contributed by atoms with E-state index in [2.05, 4.69) is 199 Å². The van der Waals surface area contributed by atoms with Crippen LogP contribution in [0.5, 0.6) is 0 Å². The van der Waals surface area contributed by atoms with Crippen molar-refractivity contribution in [3.8, 4) is 44.5 Å². The zero-order chi connectivity index (χ0) is 54.5. The third-order valence-electron chi connectivity index (χ3n) is 12.2. The molecular weight excluding hydrogens is 1270 g/mol. The molecule has 0 aliphatic heterocycles. The summed E-state index contributed by atoms with van der Waals surface area (Å²) in [6.07, 6.45) is 0. The predicted octanol–water partition coefficient (Wildman–Crippen LogP) is 16.3. The number of benzene rings is 8. The molecule has 0 amide bonds. The van der Waals surface area contributed by atoms with Crippen molar-refractivity contribution in [3.05, 3.63) is 261 Å². The Morgan fingerprint density at radius 3 is 0.628 bits per heavy atom. The molecular formula is C68H60Cl6Si2Zr2-2. The Balaban J connectivity index is 0.000000181. The van der Waals surface area contributed by atoms with E-state index in [0.29, 0.717) is 0 Å². The second-order valence-electron chi connectivity index (χ2n) is 19.3. The molecule has 0 nitrogen and oxygen atoms in total. The molecule has 78 heavy (non-hydrogen) atoms. The minimum atomic E-state index is 0. The van der Waals surface area contributed by atoms with Gasteiger partial charge in [0.05, 0.1) is 0 Å². The minimum Gasteiger partial charge on any atom is -1.00 e. The van der Waals surface area contributed by atoms with E-state index in [9.17, 15) is 0 Å². The van der Waals surface area contributed by atoms with E-state index in [0.717, 1.165) is 42.3 Å². The van der Waals surface area contributed by atoms with Crippen LogP contribution in [-0.4, -0.2) is 10.9 Å². The molecule has 12 aromatic carbocycles. The van der Waals surface area contributed by atoms with Gasteiger partial charge in [-0.25, -0.2) is 0 Å². The van der Waals surface area contributed by atoms with Crippen LogP contribution in [0.2, 0.25) is 46.3 Å². The maximum Gasteiger partial charge on any atom is 0.0476 e. The van der Waals surface area contributed by atoms with Crippen molar-refractivity contribution in [1.29, 1.82) is 0 Å². The van der Waals surface area contributed by atoms with E-state index >= 15 is 0 Å². The van der Waals surface area contributed by atoms with E-state index in [1.165, 1.54) is 87.6 Å². The molecule has 0 fully saturated rings. The van der Waals surface area contributed by atoms with Crippen molar-refractivity contribution in [2.24, 2.45) is 0 Å². The molecule has 0 bridgehead atoms. The number of rotatable bonds is 4. The summed E-state index contributed by atoms with van der Waals surface area (Å²) in [6.45, 7) is 17.7. The van der Waals surface area contributed by atoms with Gasteiger partial charge in [0.1, 0.15) is 0 Å². The molecule has 392 valence electrons. The van der Waals surface area contributed by atoms with Gasteiger partial charge in [-0.2, -0.15) is 24.3 Å². The summed E-state index contributed by atoms with van der Waals surface area (Å²) in [5.41, 5.74) is 14.8. The molecule has 0 unspecified atom stereocenters. The summed E-state index contributed by atoms with van der Waals surface area (Å²) in [6, 6.07) is 75.1. The Morgan fingerprint density at radius 2 is 0.449 bits per heavy atom. The zero-order valence-electron chi connectivity index (χ0n) is 45.1. The van der Waals surface area contributed by atoms with E-state index in [-0.39, 0.29) is 35.7 Å². The Hall–Kier alpha value is -3.86. The van der Waals surface area contributed by atoms with E-state index in [1.54, 1.807) is 46.7 Å². The number of aryl methyl sites for hydroxylation is 4. The van der Waals surface area contributed by atoms with E-state index in [1.807, 2.05) is 72.8 Å². The predicted molar refractivity (Wildman–Crippen MR) is 334 cm³/mol. The van der Waals surface area contributed by atoms with Crippen molar-refractivity contribution >= 4 is 100 Å². The Bertz CT molecular complexity index is 3430. The van der Waals surface area contributed by atoms with Gasteiger partial charge in [-0.05, 0) is 46.5 Å². The number of hydrogen-bond acceptors (Lipinski definition) is 0. The largest absolute Gasteiger partial charge is 1.00 e. The van der Waals surface area contributed by atoms with Gasteiger partial charge in [0.25, 0.3) is 0 Å². The monoisotopic (exact) mass is 1320 g/mol. The summed E-state index contributed by atoms with van der Waals surface area (Å²) >= 11 is 28.5. The average molecular weight is 1330 g/mol. The van der Waals surface area contributed by atoms with Gasteiger partial charge in [0.2, 0.25) is 0 Å². The smallest absolute Gasteiger partial charge is 0.0476 e. The molecule has 0 radical (unpaired) electrons. The zero-order valence-corrected chi connectivity index (χ0v) is 56.5. The second kappa shape index (κ2) is 31.4. The van der Waals surface area contributed by atoms with E-state index in [4.69, 9.17) is 46.4 Å². The van der Waals surface area contributed by atoms with Crippen LogP contribution in [0.15, 0.2) is 218 Å². The molecule has 0 aromatic heterocycles. The first-order chi connectivity index (χ1) is 36.5. The first-order valence-corrected chi connectivity index (χ1v) is 39.0. The molecule has 12 aromatic rings. The van der Waals surface area contributed by atoms with Gasteiger partial charge >= 0.3 is 83.7 Å². The van der Waals surface area contributed by atoms with Crippen LogP contribution in [0.3, 0.4) is 0 Å². The molecule has 0 saturated heterocycles. The van der Waals surface area contributed by atoms with Crippen LogP contribution in [0.4, 0.5) is 0 Å². The Morgan fingerprint density at radius 1 is 0.282 bits per heavy atom. The normalized spacial score (nSPS) is 10.3. The molecule has 10 heteroatoms. The van der Waals surface area contributed by atoms with Crippen molar-refractivity contribution in [2.75, 3.05) is 0 Å². The maximum atomic E-state index is 6.27. The SMILES string of the molecule is C[Si](C)=[Zr+2].C[Si](C)=[Zr+2].Cc1cc2c(-c3ccccc3Cl)cccc2[cH-]1.Cc1cc2c(-c3ccccc3Cl)cccc2[cH-]1.Cc1cc2c(-c3ccccc3Cl)cccc2[cH-]1.Cc1cc2c(-c3ccccc3Cl)cccc2[cH-]1.[Cl-].[Cl-]. The van der Waals surface area contributed by atoms with Crippen molar-refractivity contribution in [2.45, 2.75) is 53.9 Å². The summed E-state index contributed by atoms with van der Waals surface area (Å²) in [5, 5.41) is 13.4. The number of hydrogen-bond donors (Lipinski definition) is 0. The van der Waals surface area contributed by atoms with Crippen LogP contribution < -0.4 is 24.8 Å². The molecule has 0 aliphatic carbocycles. The summed E-state index contributed by atoms with van der Waals surface area (Å²) < 4.78 is 0. The van der Waals surface area contributed by atoms with Crippen molar-refractivity contribution in [1.82, 2.24) is 0 Å². The van der Waals surface area contributed by atoms with Crippen molar-refractivity contribution in [3.63, 3.8) is 0 Å². The summed E-state index contributed by atoms with van der Waals surface area (Å²) in [4.78, 5) is 0. The molecule has 0 atom stereocenters. The first-order valence-electron chi connectivity index (χ1n) is 25.2. The van der Waals surface area contributed by atoms with Gasteiger partial charge in [0.15, 0.2) is 0 Å². The Labute approximate surface area is 525 Å². The quantitative estimate of drug-likeness (QED) is 0.122. The number of fused-ring (bicyclic) bond motifs is 4. The van der Waals surface area contributed by atoms with Gasteiger partial charge in [-0.1, -0.05) is 193 Å². The minimum absolute atomic E-state index is 0. The summed E-state index contributed by atoms with van der Waals surface area (Å²) in [7, 11) is 0. The van der Waals surface area contributed by atoms with Gasteiger partial charge in [-0.15, -0.1) is 138 Å². The van der Waals surface area contributed by atoms with Crippen LogP contribution in [0.1, 0.15) is 22.3 Å². The molecule has 0 saturated carbocycles. The molecule has 0 aliphatic rings. The van der Waals surface area contributed by atoms with Crippen LogP contribution in [0, 0.1) is 27.7 Å². The third-order valence-corrected chi connectivity index (χ3v) is 13.6. The Kier molecular flexibility index (Phi) is 26.1. The standard InChI is InChI=1S/4C16H12Cl.2C2H6Si.2ClH.2Zr/c4*1-11-9-12-5-4-7-13(15(12)10-11)14-6-2-3-8-16(14)17;2*1-3-2;;;;/h4*2-10H,1H3;2*1-2H3;2*1H;;/q4*-1;;;;;2*+2/p-2. The summed E-state index contributed by atoms with van der Waals surface area (Å²) in [5.74, 6) is 0. The molecule has 0 N–H and O–H groups in total. The second-order valence-corrected chi connectivity index (χ2v) is 39.7. The van der Waals surface area contributed by atoms with E-state index < -0.39 is 0 Å². The van der Waals surface area contributed by atoms with Crippen LogP contribution >= 0.6 is 46.4 Å². The first kappa shape index (κ1) is 65.0. The molecule has 12 rings (SSSR count). The van der Waals surface area contributed by atoms with Gasteiger partial charge in [0, 0.05) is 20.1 Å². The molecule has 0 spiro atoms. The van der Waals surface area contributed by atoms with Crippen molar-refractivity contribution < 1.29 is 71.5 Å². The third kappa shape index (κ3) is 17.6. The maximum absolute atomic E-state index is 6.27. The average Bonchev–Trinajstić information content (AvgIpc) is 4.19. The van der Waals surface area contributed by atoms with Crippen LogP contribution in [-0.2, 0) is 46.7 Å². The number of halogens is 6. The van der Waals surface area contributed by atoms with Gasteiger partial charge in [-0.3, -0.25) is 0 Å². The molecule has 0 heterocycles. The van der Waals surface area contributed by atoms with Gasteiger partial charge < -0.3 is 24.8 Å². The van der Waals surface area contributed by atoms with Crippen LogP contribution in [0.25, 0.3) is 87.6 Å². The fraction of sp³-hybridized carbons (Fsp3) is 0.118. The topological polar surface area (TPSA) is 0 Å². The fourth-order valence-corrected chi connectivity index (χ4v) is 10.1. The fourth-order valence-electron chi connectivity index (χ4n) is 9.20.